The molecule has 0 N–H and O–H groups in total. The molecule has 0 fully saturated rings. The summed E-state index contributed by atoms with van der Waals surface area (Å²) in [4.78, 5) is 0. The third-order valence-corrected chi connectivity index (χ3v) is 1.95. The molecule has 0 spiro atoms. The summed E-state index contributed by atoms with van der Waals surface area (Å²) >= 11 is 0. The zero-order chi connectivity index (χ0) is 9.10. The van der Waals surface area contributed by atoms with E-state index in [0.29, 0.717) is 0 Å². The van der Waals surface area contributed by atoms with Gasteiger partial charge in [-0.2, -0.15) is 0 Å². The maximum absolute atomic E-state index is 5.40. The van der Waals surface area contributed by atoms with Crippen molar-refractivity contribution in [1.29, 1.82) is 0 Å². The normalized spacial score (nSPS) is 20.4. The van der Waals surface area contributed by atoms with Crippen molar-refractivity contribution in [3.8, 4) is 0 Å². The highest BCUT2D eigenvalue weighted by atomic mass is 16.7. The molecule has 1 unspecified atom stereocenters. The van der Waals surface area contributed by atoms with Gasteiger partial charge in [-0.15, -0.1) is 0 Å². The maximum atomic E-state index is 5.40. The van der Waals surface area contributed by atoms with Gasteiger partial charge in [-0.25, -0.2) is 0 Å². The molecule has 2 rings (SSSR count). The summed E-state index contributed by atoms with van der Waals surface area (Å²) in [6.45, 7) is 1.89. The van der Waals surface area contributed by atoms with Gasteiger partial charge in [0.1, 0.15) is 12.0 Å². The molecule has 1 aliphatic heterocycles. The molecule has 1 atom stereocenters. The summed E-state index contributed by atoms with van der Waals surface area (Å²) in [5.41, 5.74) is 1.23. The smallest absolute Gasteiger partial charge is 0.244 e. The first-order chi connectivity index (χ1) is 6.34. The summed E-state index contributed by atoms with van der Waals surface area (Å²) in [6, 6.07) is 10.2. The van der Waals surface area contributed by atoms with Crippen LogP contribution in [0.1, 0.15) is 12.5 Å². The van der Waals surface area contributed by atoms with E-state index < -0.39 is 0 Å². The van der Waals surface area contributed by atoms with Crippen molar-refractivity contribution in [2.75, 3.05) is 0 Å². The average Bonchev–Trinajstić information content (AvgIpc) is 2.53. The Morgan fingerprint density at radius 2 is 2.00 bits per heavy atom. The van der Waals surface area contributed by atoms with Gasteiger partial charge >= 0.3 is 0 Å². The predicted molar refractivity (Wildman–Crippen MR) is 49.9 cm³/mol. The van der Waals surface area contributed by atoms with Crippen LogP contribution < -0.4 is 0 Å². The van der Waals surface area contributed by atoms with E-state index in [1.807, 2.05) is 25.1 Å². The zero-order valence-corrected chi connectivity index (χ0v) is 7.57. The van der Waals surface area contributed by atoms with Gasteiger partial charge in [-0.05, 0) is 12.5 Å². The largest absolute Gasteiger partial charge is 0.459 e. The van der Waals surface area contributed by atoms with E-state index in [-0.39, 0.29) is 6.29 Å². The Hall–Kier alpha value is -1.44. The van der Waals surface area contributed by atoms with Crippen LogP contribution >= 0.6 is 0 Å². The van der Waals surface area contributed by atoms with E-state index >= 15 is 0 Å². The molecule has 0 amide bonds. The van der Waals surface area contributed by atoms with Gasteiger partial charge in [0, 0.05) is 6.42 Å². The van der Waals surface area contributed by atoms with E-state index in [2.05, 4.69) is 12.1 Å². The molecule has 1 heterocycles. The fourth-order valence-electron chi connectivity index (χ4n) is 1.33. The van der Waals surface area contributed by atoms with Crippen LogP contribution in [0.4, 0.5) is 0 Å². The summed E-state index contributed by atoms with van der Waals surface area (Å²) in [6.07, 6.45) is 2.32. The van der Waals surface area contributed by atoms with Crippen molar-refractivity contribution in [1.82, 2.24) is 0 Å². The van der Waals surface area contributed by atoms with Crippen LogP contribution in [0.3, 0.4) is 0 Å². The number of ether oxygens (including phenoxy) is 2. The number of hydrogen-bond donors (Lipinski definition) is 0. The first kappa shape index (κ1) is 8.17. The van der Waals surface area contributed by atoms with Gasteiger partial charge in [-0.3, -0.25) is 0 Å². The standard InChI is InChI=1S/C11H12O2/c1-9-8-12-11(13-9)7-10-5-3-2-4-6-10/h2-6,8,11H,7H2,1H3. The Labute approximate surface area is 77.8 Å². The Balaban J connectivity index is 1.94. The van der Waals surface area contributed by atoms with Gasteiger partial charge in [0.2, 0.25) is 6.29 Å². The van der Waals surface area contributed by atoms with Crippen molar-refractivity contribution in [3.05, 3.63) is 47.9 Å². The molecule has 0 aliphatic carbocycles. The summed E-state index contributed by atoms with van der Waals surface area (Å²) in [5.74, 6) is 0.848. The summed E-state index contributed by atoms with van der Waals surface area (Å²) < 4.78 is 10.7. The third kappa shape index (κ3) is 2.02. The second-order valence-corrected chi connectivity index (χ2v) is 3.10. The SMILES string of the molecule is CC1=COC(Cc2ccccc2)O1. The average molecular weight is 176 g/mol. The quantitative estimate of drug-likeness (QED) is 0.689. The lowest BCUT2D eigenvalue weighted by molar-refractivity contribution is -0.0292. The molecule has 1 aromatic rings. The molecule has 2 heteroatoms. The van der Waals surface area contributed by atoms with Crippen molar-refractivity contribution in [3.63, 3.8) is 0 Å². The first-order valence-corrected chi connectivity index (χ1v) is 4.37. The van der Waals surface area contributed by atoms with Crippen molar-refractivity contribution < 1.29 is 9.47 Å². The Morgan fingerprint density at radius 3 is 2.62 bits per heavy atom. The molecule has 1 aromatic carbocycles. The van der Waals surface area contributed by atoms with Crippen molar-refractivity contribution in [2.24, 2.45) is 0 Å². The second-order valence-electron chi connectivity index (χ2n) is 3.10. The monoisotopic (exact) mass is 176 g/mol. The number of hydrogen-bond acceptors (Lipinski definition) is 2. The molecule has 0 saturated carbocycles. The first-order valence-electron chi connectivity index (χ1n) is 4.37. The Bertz CT molecular complexity index is 303. The maximum Gasteiger partial charge on any atom is 0.244 e. The lowest BCUT2D eigenvalue weighted by Gasteiger charge is -2.10. The van der Waals surface area contributed by atoms with Crippen LogP contribution in [0.25, 0.3) is 0 Å². The van der Waals surface area contributed by atoms with Gasteiger partial charge in [0.25, 0.3) is 0 Å². The summed E-state index contributed by atoms with van der Waals surface area (Å²) in [7, 11) is 0. The van der Waals surface area contributed by atoms with E-state index in [0.717, 1.165) is 12.2 Å². The summed E-state index contributed by atoms with van der Waals surface area (Å²) in [5, 5.41) is 0. The van der Waals surface area contributed by atoms with Gasteiger partial charge in [-0.1, -0.05) is 30.3 Å². The minimum atomic E-state index is -0.137. The highest BCUT2D eigenvalue weighted by Crippen LogP contribution is 2.17. The van der Waals surface area contributed by atoms with Crippen LogP contribution in [-0.4, -0.2) is 6.29 Å². The number of benzene rings is 1. The number of rotatable bonds is 2. The lowest BCUT2D eigenvalue weighted by atomic mass is 10.1. The van der Waals surface area contributed by atoms with Crippen LogP contribution in [-0.2, 0) is 15.9 Å². The Kier molecular flexibility index (Phi) is 2.21. The second kappa shape index (κ2) is 3.52. The molecule has 0 radical (unpaired) electrons. The third-order valence-electron chi connectivity index (χ3n) is 1.95. The van der Waals surface area contributed by atoms with E-state index in [9.17, 15) is 0 Å². The fraction of sp³-hybridized carbons (Fsp3) is 0.273. The molecular weight excluding hydrogens is 164 g/mol. The van der Waals surface area contributed by atoms with Gasteiger partial charge in [0.05, 0.1) is 0 Å². The van der Waals surface area contributed by atoms with Crippen LogP contribution in [0, 0.1) is 0 Å². The highest BCUT2D eigenvalue weighted by molar-refractivity contribution is 5.15. The topological polar surface area (TPSA) is 18.5 Å². The molecule has 0 aromatic heterocycles. The molecule has 68 valence electrons. The molecule has 0 saturated heterocycles. The lowest BCUT2D eigenvalue weighted by Crippen LogP contribution is -2.11. The van der Waals surface area contributed by atoms with Gasteiger partial charge in [0.15, 0.2) is 0 Å². The van der Waals surface area contributed by atoms with Crippen LogP contribution in [0.5, 0.6) is 0 Å². The predicted octanol–water partition coefficient (Wildman–Crippen LogP) is 2.46. The highest BCUT2D eigenvalue weighted by Gasteiger charge is 2.16. The molecule has 0 bridgehead atoms. The van der Waals surface area contributed by atoms with E-state index in [1.165, 1.54) is 5.56 Å². The molecule has 13 heavy (non-hydrogen) atoms. The van der Waals surface area contributed by atoms with Gasteiger partial charge < -0.3 is 9.47 Å². The number of allylic oxidation sites excluding steroid dienone is 1. The minimum Gasteiger partial charge on any atom is -0.459 e. The van der Waals surface area contributed by atoms with E-state index in [4.69, 9.17) is 9.47 Å². The molecule has 1 aliphatic rings. The van der Waals surface area contributed by atoms with E-state index in [1.54, 1.807) is 6.26 Å². The van der Waals surface area contributed by atoms with Crippen LogP contribution in [0.2, 0.25) is 0 Å². The molecular formula is C11H12O2. The zero-order valence-electron chi connectivity index (χ0n) is 7.57. The minimum absolute atomic E-state index is 0.137. The van der Waals surface area contributed by atoms with Crippen molar-refractivity contribution >= 4 is 0 Å². The van der Waals surface area contributed by atoms with Crippen LogP contribution in [0.15, 0.2) is 42.4 Å². The Morgan fingerprint density at radius 1 is 1.23 bits per heavy atom. The van der Waals surface area contributed by atoms with Crippen molar-refractivity contribution in [2.45, 2.75) is 19.6 Å². The fourth-order valence-corrected chi connectivity index (χ4v) is 1.33. The molecule has 2 nitrogen and oxygen atoms in total.